The number of furan rings is 1. The van der Waals surface area contributed by atoms with Gasteiger partial charge in [0.15, 0.2) is 5.96 Å². The molecule has 1 atom stereocenters. The molecule has 2 aromatic rings. The lowest BCUT2D eigenvalue weighted by atomic mass is 10.3. The first-order valence-electron chi connectivity index (χ1n) is 6.68. The van der Waals surface area contributed by atoms with Crippen LogP contribution in [0.4, 0.5) is 0 Å². The molecule has 3 N–H and O–H groups in total. The third-order valence-electron chi connectivity index (χ3n) is 3.04. The highest BCUT2D eigenvalue weighted by molar-refractivity contribution is 14.0. The molecule has 0 aromatic carbocycles. The molecule has 2 rings (SSSR count). The molecule has 0 bridgehead atoms. The minimum atomic E-state index is -0.706. The Morgan fingerprint density at radius 3 is 2.73 bits per heavy atom. The lowest BCUT2D eigenvalue weighted by Gasteiger charge is -2.14. The number of nitrogens with zero attached hydrogens (tertiary/aromatic N) is 2. The summed E-state index contributed by atoms with van der Waals surface area (Å²) in [4.78, 5) is 9.49. The predicted molar refractivity (Wildman–Crippen MR) is 98.9 cm³/mol. The molecule has 0 aliphatic rings. The fraction of sp³-hybridized carbons (Fsp3) is 0.429. The molecule has 6 nitrogen and oxygen atoms in total. The topological polar surface area (TPSA) is 82.7 Å². The van der Waals surface area contributed by atoms with E-state index in [1.165, 1.54) is 4.88 Å². The van der Waals surface area contributed by atoms with Gasteiger partial charge in [-0.15, -0.1) is 35.3 Å². The van der Waals surface area contributed by atoms with Crippen LogP contribution in [0.5, 0.6) is 0 Å². The molecular formula is C14H21IN4O2S. The van der Waals surface area contributed by atoms with Gasteiger partial charge in [0.2, 0.25) is 0 Å². The van der Waals surface area contributed by atoms with Gasteiger partial charge in [0.05, 0.1) is 24.3 Å². The SMILES string of the molecule is CN=C(NCc1scnc1C)NCC(O)c1ccc(C)o1.I. The maximum Gasteiger partial charge on any atom is 0.191 e. The molecule has 0 radical (unpaired) electrons. The van der Waals surface area contributed by atoms with Crippen LogP contribution < -0.4 is 10.6 Å². The summed E-state index contributed by atoms with van der Waals surface area (Å²) in [5.74, 6) is 1.96. The molecule has 22 heavy (non-hydrogen) atoms. The van der Waals surface area contributed by atoms with Gasteiger partial charge in [0.25, 0.3) is 0 Å². The van der Waals surface area contributed by atoms with Crippen molar-refractivity contribution in [3.8, 4) is 0 Å². The van der Waals surface area contributed by atoms with Crippen molar-refractivity contribution in [1.82, 2.24) is 15.6 Å². The molecule has 2 heterocycles. The van der Waals surface area contributed by atoms with Crippen LogP contribution in [0.1, 0.15) is 28.2 Å². The van der Waals surface area contributed by atoms with Crippen molar-refractivity contribution in [3.05, 3.63) is 39.7 Å². The Morgan fingerprint density at radius 1 is 1.41 bits per heavy atom. The number of nitrogens with one attached hydrogen (secondary N) is 2. The van der Waals surface area contributed by atoms with Crippen molar-refractivity contribution in [2.24, 2.45) is 4.99 Å². The Bertz CT molecular complexity index is 612. The highest BCUT2D eigenvalue weighted by Crippen LogP contribution is 2.15. The zero-order chi connectivity index (χ0) is 15.2. The number of halogens is 1. The van der Waals surface area contributed by atoms with Crippen LogP contribution in [0, 0.1) is 13.8 Å². The van der Waals surface area contributed by atoms with Crippen molar-refractivity contribution < 1.29 is 9.52 Å². The van der Waals surface area contributed by atoms with Crippen molar-refractivity contribution in [3.63, 3.8) is 0 Å². The van der Waals surface area contributed by atoms with E-state index in [1.807, 2.05) is 25.4 Å². The average Bonchev–Trinajstić information content (AvgIpc) is 3.08. The fourth-order valence-electron chi connectivity index (χ4n) is 1.81. The van der Waals surface area contributed by atoms with E-state index < -0.39 is 6.10 Å². The summed E-state index contributed by atoms with van der Waals surface area (Å²) in [6.45, 7) is 4.81. The first kappa shape index (κ1) is 18.9. The molecular weight excluding hydrogens is 415 g/mol. The molecule has 0 aliphatic carbocycles. The second kappa shape index (κ2) is 9.11. The predicted octanol–water partition coefficient (Wildman–Crippen LogP) is 2.37. The molecule has 2 aromatic heterocycles. The molecule has 0 fully saturated rings. The molecule has 1 unspecified atom stereocenters. The summed E-state index contributed by atoms with van der Waals surface area (Å²) >= 11 is 1.61. The average molecular weight is 436 g/mol. The zero-order valence-corrected chi connectivity index (χ0v) is 15.9. The minimum absolute atomic E-state index is 0. The third kappa shape index (κ3) is 5.25. The fourth-order valence-corrected chi connectivity index (χ4v) is 2.52. The Balaban J connectivity index is 0.00000242. The van der Waals surface area contributed by atoms with Crippen LogP contribution in [0.15, 0.2) is 27.1 Å². The highest BCUT2D eigenvalue weighted by Gasteiger charge is 2.12. The summed E-state index contributed by atoms with van der Waals surface area (Å²) in [6, 6.07) is 3.61. The summed E-state index contributed by atoms with van der Waals surface area (Å²) < 4.78 is 5.39. The van der Waals surface area contributed by atoms with E-state index in [4.69, 9.17) is 4.42 Å². The molecule has 8 heteroatoms. The number of aliphatic imine (C=N–C) groups is 1. The number of aliphatic hydroxyl groups excluding tert-OH is 1. The second-order valence-electron chi connectivity index (χ2n) is 4.63. The quantitative estimate of drug-likeness (QED) is 0.381. The lowest BCUT2D eigenvalue weighted by molar-refractivity contribution is 0.151. The number of aromatic nitrogens is 1. The van der Waals surface area contributed by atoms with Gasteiger partial charge in [-0.1, -0.05) is 0 Å². The number of hydrogen-bond acceptors (Lipinski definition) is 5. The molecule has 0 aliphatic heterocycles. The second-order valence-corrected chi connectivity index (χ2v) is 5.57. The van der Waals surface area contributed by atoms with Crippen molar-refractivity contribution >= 4 is 41.3 Å². The number of guanidine groups is 1. The minimum Gasteiger partial charge on any atom is -0.464 e. The van der Waals surface area contributed by atoms with E-state index >= 15 is 0 Å². The Kier molecular flexibility index (Phi) is 7.83. The van der Waals surface area contributed by atoms with E-state index in [1.54, 1.807) is 24.5 Å². The summed E-state index contributed by atoms with van der Waals surface area (Å²) in [5, 5.41) is 16.3. The number of rotatable bonds is 5. The maximum atomic E-state index is 10.0. The van der Waals surface area contributed by atoms with Gasteiger partial charge in [0.1, 0.15) is 17.6 Å². The lowest BCUT2D eigenvalue weighted by Crippen LogP contribution is -2.38. The first-order chi connectivity index (χ1) is 10.1. The van der Waals surface area contributed by atoms with Crippen LogP contribution in [-0.4, -0.2) is 29.6 Å². The zero-order valence-electron chi connectivity index (χ0n) is 12.8. The Labute approximate surface area is 151 Å². The maximum absolute atomic E-state index is 10.0. The Morgan fingerprint density at radius 2 is 2.18 bits per heavy atom. The van der Waals surface area contributed by atoms with E-state index in [2.05, 4.69) is 20.6 Å². The van der Waals surface area contributed by atoms with E-state index in [9.17, 15) is 5.11 Å². The van der Waals surface area contributed by atoms with Crippen LogP contribution in [0.3, 0.4) is 0 Å². The van der Waals surface area contributed by atoms with Crippen molar-refractivity contribution in [2.75, 3.05) is 13.6 Å². The van der Waals surface area contributed by atoms with E-state index in [-0.39, 0.29) is 24.0 Å². The van der Waals surface area contributed by atoms with Crippen LogP contribution >= 0.6 is 35.3 Å². The molecule has 0 saturated heterocycles. The van der Waals surface area contributed by atoms with Crippen LogP contribution in [0.2, 0.25) is 0 Å². The highest BCUT2D eigenvalue weighted by atomic mass is 127. The van der Waals surface area contributed by atoms with Crippen LogP contribution in [-0.2, 0) is 6.54 Å². The van der Waals surface area contributed by atoms with Gasteiger partial charge in [-0.25, -0.2) is 4.98 Å². The van der Waals surface area contributed by atoms with Crippen LogP contribution in [0.25, 0.3) is 0 Å². The van der Waals surface area contributed by atoms with E-state index in [0.717, 1.165) is 11.5 Å². The monoisotopic (exact) mass is 436 g/mol. The standard InChI is InChI=1S/C14H20N4O2S.HI/c1-9-4-5-12(20-9)11(19)6-16-14(15-3)17-7-13-10(2)18-8-21-13;/h4-5,8,11,19H,6-7H2,1-3H3,(H2,15,16,17);1H. The largest absolute Gasteiger partial charge is 0.464 e. The number of thiazole rings is 1. The number of hydrogen-bond donors (Lipinski definition) is 3. The van der Waals surface area contributed by atoms with Gasteiger partial charge >= 0.3 is 0 Å². The normalized spacial score (nSPS) is 12.6. The molecule has 122 valence electrons. The summed E-state index contributed by atoms with van der Waals surface area (Å²) in [6.07, 6.45) is -0.706. The molecule has 0 amide bonds. The van der Waals surface area contributed by atoms with Crippen molar-refractivity contribution in [2.45, 2.75) is 26.5 Å². The molecule has 0 saturated carbocycles. The van der Waals surface area contributed by atoms with Gasteiger partial charge in [0, 0.05) is 11.9 Å². The first-order valence-corrected chi connectivity index (χ1v) is 7.56. The van der Waals surface area contributed by atoms with Gasteiger partial charge in [-0.05, 0) is 26.0 Å². The summed E-state index contributed by atoms with van der Waals surface area (Å²) in [5.41, 5.74) is 2.85. The molecule has 0 spiro atoms. The third-order valence-corrected chi connectivity index (χ3v) is 3.97. The number of aliphatic hydroxyl groups is 1. The number of aryl methyl sites for hydroxylation is 2. The van der Waals surface area contributed by atoms with Gasteiger partial charge in [-0.2, -0.15) is 0 Å². The van der Waals surface area contributed by atoms with Gasteiger partial charge < -0.3 is 20.2 Å². The van der Waals surface area contributed by atoms with Crippen molar-refractivity contribution in [1.29, 1.82) is 0 Å². The smallest absolute Gasteiger partial charge is 0.191 e. The van der Waals surface area contributed by atoms with Gasteiger partial charge in [-0.3, -0.25) is 4.99 Å². The summed E-state index contributed by atoms with van der Waals surface area (Å²) in [7, 11) is 1.69. The Hall–Kier alpha value is -1.13. The van der Waals surface area contributed by atoms with E-state index in [0.29, 0.717) is 24.8 Å².